The number of piperidine rings is 1. The average molecular weight is 448 g/mol. The SMILES string of the molecule is COc1ccc(C(=O)COC(=O)c2ccc(S(=O)(=O)N3CCCCC3)cc2)cc1OC. The summed E-state index contributed by atoms with van der Waals surface area (Å²) in [6.07, 6.45) is 2.72. The molecule has 1 heterocycles. The largest absolute Gasteiger partial charge is 0.493 e. The first-order chi connectivity index (χ1) is 14.9. The van der Waals surface area contributed by atoms with Crippen LogP contribution in [0.3, 0.4) is 0 Å². The minimum atomic E-state index is -3.57. The highest BCUT2D eigenvalue weighted by Gasteiger charge is 2.26. The van der Waals surface area contributed by atoms with Gasteiger partial charge in [-0.1, -0.05) is 6.42 Å². The molecule has 0 spiro atoms. The third-order valence-electron chi connectivity index (χ3n) is 5.08. The van der Waals surface area contributed by atoms with E-state index in [1.807, 2.05) is 0 Å². The smallest absolute Gasteiger partial charge is 0.338 e. The zero-order valence-electron chi connectivity index (χ0n) is 17.5. The molecule has 0 radical (unpaired) electrons. The van der Waals surface area contributed by atoms with E-state index in [-0.39, 0.29) is 10.5 Å². The third kappa shape index (κ3) is 5.23. The van der Waals surface area contributed by atoms with Gasteiger partial charge in [0.15, 0.2) is 23.9 Å². The molecule has 0 aromatic heterocycles. The summed E-state index contributed by atoms with van der Waals surface area (Å²) in [6.45, 7) is 0.552. The van der Waals surface area contributed by atoms with E-state index < -0.39 is 28.4 Å². The molecule has 0 saturated carbocycles. The molecule has 0 unspecified atom stereocenters. The lowest BCUT2D eigenvalue weighted by Gasteiger charge is -2.25. The van der Waals surface area contributed by atoms with Crippen molar-refractivity contribution in [3.8, 4) is 11.5 Å². The fourth-order valence-electron chi connectivity index (χ4n) is 3.32. The lowest BCUT2D eigenvalue weighted by atomic mass is 10.1. The van der Waals surface area contributed by atoms with Crippen molar-refractivity contribution in [1.29, 1.82) is 0 Å². The molecule has 31 heavy (non-hydrogen) atoms. The molecule has 0 atom stereocenters. The fourth-order valence-corrected chi connectivity index (χ4v) is 4.84. The fraction of sp³-hybridized carbons (Fsp3) is 0.364. The highest BCUT2D eigenvalue weighted by atomic mass is 32.2. The topological polar surface area (TPSA) is 99.2 Å². The quantitative estimate of drug-likeness (QED) is 0.453. The third-order valence-corrected chi connectivity index (χ3v) is 7.00. The first kappa shape index (κ1) is 22.8. The summed E-state index contributed by atoms with van der Waals surface area (Å²) in [5, 5.41) is 0. The van der Waals surface area contributed by atoms with Gasteiger partial charge < -0.3 is 14.2 Å². The van der Waals surface area contributed by atoms with Crippen molar-refractivity contribution in [2.45, 2.75) is 24.2 Å². The number of ketones is 1. The maximum Gasteiger partial charge on any atom is 0.338 e. The second-order valence-corrected chi connectivity index (χ2v) is 9.00. The van der Waals surface area contributed by atoms with E-state index in [1.165, 1.54) is 48.9 Å². The van der Waals surface area contributed by atoms with Gasteiger partial charge in [0.05, 0.1) is 24.7 Å². The number of hydrogen-bond donors (Lipinski definition) is 0. The van der Waals surface area contributed by atoms with Gasteiger partial charge in [0, 0.05) is 18.7 Å². The lowest BCUT2D eigenvalue weighted by Crippen LogP contribution is -2.35. The number of carbonyl (C=O) groups excluding carboxylic acids is 2. The molecule has 3 rings (SSSR count). The Morgan fingerprint density at radius 1 is 0.871 bits per heavy atom. The number of benzene rings is 2. The number of sulfonamides is 1. The van der Waals surface area contributed by atoms with Gasteiger partial charge >= 0.3 is 5.97 Å². The number of rotatable bonds is 8. The van der Waals surface area contributed by atoms with Gasteiger partial charge in [0.25, 0.3) is 0 Å². The summed E-state index contributed by atoms with van der Waals surface area (Å²) in [5.74, 6) is -0.241. The number of nitrogens with zero attached hydrogens (tertiary/aromatic N) is 1. The summed E-state index contributed by atoms with van der Waals surface area (Å²) in [4.78, 5) is 24.8. The Balaban J connectivity index is 1.62. The van der Waals surface area contributed by atoms with Crippen LogP contribution < -0.4 is 9.47 Å². The first-order valence-electron chi connectivity index (χ1n) is 9.89. The van der Waals surface area contributed by atoms with Crippen LogP contribution >= 0.6 is 0 Å². The standard InChI is InChI=1S/C22H25NO7S/c1-28-20-11-8-17(14-21(20)29-2)19(24)15-30-22(25)16-6-9-18(10-7-16)31(26,27)23-12-4-3-5-13-23/h6-11,14H,3-5,12-13,15H2,1-2H3. The zero-order valence-corrected chi connectivity index (χ0v) is 18.3. The normalized spacial score (nSPS) is 14.6. The van der Waals surface area contributed by atoms with Gasteiger partial charge in [-0.2, -0.15) is 4.31 Å². The minimum Gasteiger partial charge on any atom is -0.493 e. The van der Waals surface area contributed by atoms with Crippen molar-refractivity contribution in [3.63, 3.8) is 0 Å². The number of carbonyl (C=O) groups is 2. The van der Waals surface area contributed by atoms with E-state index in [2.05, 4.69) is 0 Å². The number of ether oxygens (including phenoxy) is 3. The molecule has 166 valence electrons. The summed E-state index contributed by atoms with van der Waals surface area (Å²) in [5.41, 5.74) is 0.478. The molecule has 2 aromatic rings. The van der Waals surface area contributed by atoms with E-state index in [0.29, 0.717) is 30.2 Å². The molecular formula is C22H25NO7S. The Morgan fingerprint density at radius 3 is 2.10 bits per heavy atom. The Hall–Kier alpha value is -2.91. The van der Waals surface area contributed by atoms with E-state index in [0.717, 1.165) is 19.3 Å². The maximum absolute atomic E-state index is 12.7. The number of esters is 1. The second-order valence-electron chi connectivity index (χ2n) is 7.06. The molecule has 1 saturated heterocycles. The van der Waals surface area contributed by atoms with Gasteiger partial charge in [-0.15, -0.1) is 0 Å². The van der Waals surface area contributed by atoms with Gasteiger partial charge in [-0.25, -0.2) is 13.2 Å². The summed E-state index contributed by atoms with van der Waals surface area (Å²) >= 11 is 0. The van der Waals surface area contributed by atoms with Crippen LogP contribution in [0.2, 0.25) is 0 Å². The molecule has 1 aliphatic rings. The molecule has 9 heteroatoms. The maximum atomic E-state index is 12.7. The van der Waals surface area contributed by atoms with Crippen LogP contribution in [0.15, 0.2) is 47.4 Å². The molecule has 1 aliphatic heterocycles. The molecular weight excluding hydrogens is 422 g/mol. The number of hydrogen-bond acceptors (Lipinski definition) is 7. The second kappa shape index (κ2) is 9.93. The van der Waals surface area contributed by atoms with Crippen LogP contribution in [0.25, 0.3) is 0 Å². The Morgan fingerprint density at radius 2 is 1.48 bits per heavy atom. The lowest BCUT2D eigenvalue weighted by molar-refractivity contribution is 0.0474. The number of Topliss-reactive ketones (excluding diaryl/α,β-unsaturated/α-hetero) is 1. The van der Waals surface area contributed by atoms with Gasteiger partial charge in [-0.05, 0) is 55.3 Å². The van der Waals surface area contributed by atoms with Crippen molar-refractivity contribution in [2.75, 3.05) is 33.9 Å². The van der Waals surface area contributed by atoms with Crippen molar-refractivity contribution >= 4 is 21.8 Å². The predicted octanol–water partition coefficient (Wildman–Crippen LogP) is 2.92. The van der Waals surface area contributed by atoms with Crippen LogP contribution in [-0.4, -0.2) is 58.4 Å². The van der Waals surface area contributed by atoms with Gasteiger partial charge in [0.2, 0.25) is 10.0 Å². The van der Waals surface area contributed by atoms with Crippen molar-refractivity contribution in [2.24, 2.45) is 0 Å². The average Bonchev–Trinajstić information content (AvgIpc) is 2.82. The van der Waals surface area contributed by atoms with E-state index >= 15 is 0 Å². The molecule has 0 N–H and O–H groups in total. The van der Waals surface area contributed by atoms with Gasteiger partial charge in [0.1, 0.15) is 0 Å². The van der Waals surface area contributed by atoms with Crippen LogP contribution in [0, 0.1) is 0 Å². The van der Waals surface area contributed by atoms with Crippen LogP contribution in [0.1, 0.15) is 40.0 Å². The van der Waals surface area contributed by atoms with E-state index in [9.17, 15) is 18.0 Å². The Labute approximate surface area is 181 Å². The minimum absolute atomic E-state index is 0.132. The molecule has 2 aromatic carbocycles. The molecule has 1 fully saturated rings. The highest BCUT2D eigenvalue weighted by Crippen LogP contribution is 2.27. The summed E-state index contributed by atoms with van der Waals surface area (Å²) in [6, 6.07) is 10.2. The van der Waals surface area contributed by atoms with E-state index in [4.69, 9.17) is 14.2 Å². The van der Waals surface area contributed by atoms with Crippen LogP contribution in [0.4, 0.5) is 0 Å². The molecule has 0 bridgehead atoms. The van der Waals surface area contributed by atoms with Crippen LogP contribution in [0.5, 0.6) is 11.5 Å². The highest BCUT2D eigenvalue weighted by molar-refractivity contribution is 7.89. The summed E-state index contributed by atoms with van der Waals surface area (Å²) < 4.78 is 42.2. The Kier molecular flexibility index (Phi) is 7.29. The van der Waals surface area contributed by atoms with Crippen LogP contribution in [-0.2, 0) is 14.8 Å². The molecule has 0 amide bonds. The van der Waals surface area contributed by atoms with Crippen molar-refractivity contribution in [1.82, 2.24) is 4.31 Å². The monoisotopic (exact) mass is 447 g/mol. The molecule has 0 aliphatic carbocycles. The molecule has 8 nitrogen and oxygen atoms in total. The Bertz CT molecular complexity index is 1040. The number of methoxy groups -OCH3 is 2. The van der Waals surface area contributed by atoms with Gasteiger partial charge in [-0.3, -0.25) is 4.79 Å². The van der Waals surface area contributed by atoms with E-state index in [1.54, 1.807) is 12.1 Å². The first-order valence-corrected chi connectivity index (χ1v) is 11.3. The van der Waals surface area contributed by atoms with Crippen molar-refractivity contribution < 1.29 is 32.2 Å². The zero-order chi connectivity index (χ0) is 22.4. The van der Waals surface area contributed by atoms with Crippen molar-refractivity contribution in [3.05, 3.63) is 53.6 Å². The summed E-state index contributed by atoms with van der Waals surface area (Å²) in [7, 11) is -0.624. The predicted molar refractivity (Wildman–Crippen MR) is 113 cm³/mol.